The predicted molar refractivity (Wildman–Crippen MR) is 59.4 cm³/mol. The molecular formula is C10H14F2N4O. The summed E-state index contributed by atoms with van der Waals surface area (Å²) >= 11 is 0. The second kappa shape index (κ2) is 5.24. The molecule has 5 nitrogen and oxygen atoms in total. The molecule has 7 heteroatoms. The van der Waals surface area contributed by atoms with E-state index in [1.54, 1.807) is 0 Å². The first-order valence-corrected chi connectivity index (χ1v) is 5.39. The molecule has 94 valence electrons. The van der Waals surface area contributed by atoms with Crippen LogP contribution in [0.5, 0.6) is 0 Å². The first-order valence-electron chi connectivity index (χ1n) is 5.39. The number of ether oxygens (including phenoxy) is 1. The van der Waals surface area contributed by atoms with Gasteiger partial charge >= 0.3 is 0 Å². The van der Waals surface area contributed by atoms with Crippen molar-refractivity contribution < 1.29 is 13.5 Å². The summed E-state index contributed by atoms with van der Waals surface area (Å²) < 4.78 is 31.8. The average molecular weight is 244 g/mol. The molecule has 1 aromatic heterocycles. The maximum Gasteiger partial charge on any atom is 0.178 e. The Kier molecular flexibility index (Phi) is 3.70. The topological polar surface area (TPSA) is 72.2 Å². The predicted octanol–water partition coefficient (Wildman–Crippen LogP) is 1.24. The van der Waals surface area contributed by atoms with Crippen molar-refractivity contribution in [1.29, 1.82) is 0 Å². The largest absolute Gasteiger partial charge is 0.376 e. The highest BCUT2D eigenvalue weighted by Crippen LogP contribution is 2.19. The molecule has 1 atom stereocenters. The van der Waals surface area contributed by atoms with Gasteiger partial charge in [-0.1, -0.05) is 0 Å². The number of nitrogen functional groups attached to an aromatic ring is 1. The fourth-order valence-corrected chi connectivity index (χ4v) is 1.71. The van der Waals surface area contributed by atoms with E-state index in [0.29, 0.717) is 6.54 Å². The molecule has 4 N–H and O–H groups in total. The Morgan fingerprint density at radius 3 is 2.82 bits per heavy atom. The SMILES string of the molecule is NNc1nc(NCC2CCCO2)c(F)cc1F. The van der Waals surface area contributed by atoms with Crippen LogP contribution in [-0.4, -0.2) is 24.2 Å². The van der Waals surface area contributed by atoms with Gasteiger partial charge in [-0.25, -0.2) is 19.6 Å². The van der Waals surface area contributed by atoms with Gasteiger partial charge in [0.1, 0.15) is 0 Å². The van der Waals surface area contributed by atoms with E-state index in [-0.39, 0.29) is 17.7 Å². The van der Waals surface area contributed by atoms with Gasteiger partial charge in [0.05, 0.1) is 6.10 Å². The molecule has 1 fully saturated rings. The van der Waals surface area contributed by atoms with Crippen molar-refractivity contribution >= 4 is 11.6 Å². The number of nitrogens with zero attached hydrogens (tertiary/aromatic N) is 1. The highest BCUT2D eigenvalue weighted by molar-refractivity contribution is 5.46. The Morgan fingerprint density at radius 2 is 2.18 bits per heavy atom. The summed E-state index contributed by atoms with van der Waals surface area (Å²) in [4.78, 5) is 3.70. The standard InChI is InChI=1S/C10H14F2N4O/c11-7-4-8(12)10(16-13)15-9(7)14-5-6-2-1-3-17-6/h4,6H,1-3,5,13H2,(H2,14,15,16). The van der Waals surface area contributed by atoms with E-state index in [1.807, 2.05) is 0 Å². The molecule has 0 aliphatic carbocycles. The van der Waals surface area contributed by atoms with E-state index in [9.17, 15) is 8.78 Å². The van der Waals surface area contributed by atoms with Crippen molar-refractivity contribution in [3.63, 3.8) is 0 Å². The zero-order chi connectivity index (χ0) is 12.3. The summed E-state index contributed by atoms with van der Waals surface area (Å²) in [7, 11) is 0. The minimum Gasteiger partial charge on any atom is -0.376 e. The van der Waals surface area contributed by atoms with Crippen molar-refractivity contribution in [2.75, 3.05) is 23.9 Å². The second-order valence-corrected chi connectivity index (χ2v) is 3.81. The van der Waals surface area contributed by atoms with Crippen LogP contribution in [0.15, 0.2) is 6.07 Å². The molecule has 2 rings (SSSR count). The van der Waals surface area contributed by atoms with Gasteiger partial charge < -0.3 is 15.5 Å². The lowest BCUT2D eigenvalue weighted by Crippen LogP contribution is -2.20. The molecule has 0 radical (unpaired) electrons. The van der Waals surface area contributed by atoms with Gasteiger partial charge in [0, 0.05) is 19.2 Å². The third-order valence-electron chi connectivity index (χ3n) is 2.59. The van der Waals surface area contributed by atoms with Crippen LogP contribution < -0.4 is 16.6 Å². The molecule has 1 aliphatic rings. The second-order valence-electron chi connectivity index (χ2n) is 3.81. The highest BCUT2D eigenvalue weighted by Gasteiger charge is 2.17. The van der Waals surface area contributed by atoms with E-state index in [2.05, 4.69) is 15.7 Å². The first-order chi connectivity index (χ1) is 8.20. The fraction of sp³-hybridized carbons (Fsp3) is 0.500. The number of hydrogen-bond donors (Lipinski definition) is 3. The monoisotopic (exact) mass is 244 g/mol. The molecule has 0 spiro atoms. The molecular weight excluding hydrogens is 230 g/mol. The molecule has 0 saturated carbocycles. The summed E-state index contributed by atoms with van der Waals surface area (Å²) in [6, 6.07) is 0.736. The molecule has 0 bridgehead atoms. The summed E-state index contributed by atoms with van der Waals surface area (Å²) in [6.45, 7) is 1.17. The van der Waals surface area contributed by atoms with E-state index in [4.69, 9.17) is 10.6 Å². The Bertz CT molecular complexity index is 396. The van der Waals surface area contributed by atoms with Crippen LogP contribution >= 0.6 is 0 Å². The number of nitrogens with two attached hydrogens (primary N) is 1. The Hall–Kier alpha value is -1.47. The van der Waals surface area contributed by atoms with Gasteiger partial charge in [0.15, 0.2) is 23.3 Å². The smallest absolute Gasteiger partial charge is 0.178 e. The normalized spacial score (nSPS) is 19.4. The first kappa shape index (κ1) is 12.0. The zero-order valence-electron chi connectivity index (χ0n) is 9.17. The van der Waals surface area contributed by atoms with Crippen molar-refractivity contribution in [1.82, 2.24) is 4.98 Å². The molecule has 0 aromatic carbocycles. The molecule has 1 aliphatic heterocycles. The highest BCUT2D eigenvalue weighted by atomic mass is 19.1. The third-order valence-corrected chi connectivity index (χ3v) is 2.59. The summed E-state index contributed by atoms with van der Waals surface area (Å²) in [5.74, 6) is 3.26. The maximum atomic E-state index is 13.4. The van der Waals surface area contributed by atoms with Crippen LogP contribution in [0.2, 0.25) is 0 Å². The Morgan fingerprint density at radius 1 is 1.41 bits per heavy atom. The van der Waals surface area contributed by atoms with Gasteiger partial charge in [-0.05, 0) is 12.8 Å². The van der Waals surface area contributed by atoms with E-state index in [1.165, 1.54) is 0 Å². The van der Waals surface area contributed by atoms with Gasteiger partial charge in [0.25, 0.3) is 0 Å². The number of anilines is 2. The average Bonchev–Trinajstić information content (AvgIpc) is 2.81. The lowest BCUT2D eigenvalue weighted by atomic mass is 10.2. The fourth-order valence-electron chi connectivity index (χ4n) is 1.71. The van der Waals surface area contributed by atoms with E-state index >= 15 is 0 Å². The minimum atomic E-state index is -0.826. The number of hydrogen-bond acceptors (Lipinski definition) is 5. The van der Waals surface area contributed by atoms with Crippen molar-refractivity contribution in [3.05, 3.63) is 17.7 Å². The van der Waals surface area contributed by atoms with Crippen molar-refractivity contribution in [2.45, 2.75) is 18.9 Å². The third kappa shape index (κ3) is 2.80. The maximum absolute atomic E-state index is 13.4. The Balaban J connectivity index is 2.03. The number of hydrazine groups is 1. The molecule has 1 aromatic rings. The number of aromatic nitrogens is 1. The van der Waals surface area contributed by atoms with E-state index in [0.717, 1.165) is 25.5 Å². The Labute approximate surface area is 97.3 Å². The summed E-state index contributed by atoms with van der Waals surface area (Å²) in [6.07, 6.45) is 1.98. The van der Waals surface area contributed by atoms with Gasteiger partial charge in [0.2, 0.25) is 0 Å². The van der Waals surface area contributed by atoms with Gasteiger partial charge in [-0.2, -0.15) is 0 Å². The molecule has 1 saturated heterocycles. The lowest BCUT2D eigenvalue weighted by molar-refractivity contribution is 0.120. The van der Waals surface area contributed by atoms with Crippen LogP contribution in [0.3, 0.4) is 0 Å². The molecule has 2 heterocycles. The summed E-state index contributed by atoms with van der Waals surface area (Å²) in [5.41, 5.74) is 2.07. The van der Waals surface area contributed by atoms with Crippen LogP contribution in [0, 0.1) is 11.6 Å². The number of rotatable bonds is 4. The lowest BCUT2D eigenvalue weighted by Gasteiger charge is -2.12. The van der Waals surface area contributed by atoms with Crippen LogP contribution in [-0.2, 0) is 4.74 Å². The van der Waals surface area contributed by atoms with Crippen molar-refractivity contribution in [2.24, 2.45) is 5.84 Å². The quantitative estimate of drug-likeness (QED) is 0.549. The van der Waals surface area contributed by atoms with Crippen molar-refractivity contribution in [3.8, 4) is 0 Å². The van der Waals surface area contributed by atoms with Gasteiger partial charge in [-0.15, -0.1) is 0 Å². The number of pyridine rings is 1. The summed E-state index contributed by atoms with van der Waals surface area (Å²) in [5, 5.41) is 2.78. The van der Waals surface area contributed by atoms with Crippen LogP contribution in [0.25, 0.3) is 0 Å². The number of halogens is 2. The zero-order valence-corrected chi connectivity index (χ0v) is 9.17. The van der Waals surface area contributed by atoms with Gasteiger partial charge in [-0.3, -0.25) is 0 Å². The molecule has 0 amide bonds. The molecule has 17 heavy (non-hydrogen) atoms. The number of nitrogens with one attached hydrogen (secondary N) is 2. The van der Waals surface area contributed by atoms with Crippen LogP contribution in [0.1, 0.15) is 12.8 Å². The van der Waals surface area contributed by atoms with E-state index < -0.39 is 11.6 Å². The van der Waals surface area contributed by atoms with Crippen LogP contribution in [0.4, 0.5) is 20.4 Å². The minimum absolute atomic E-state index is 0.0325. The molecule has 1 unspecified atom stereocenters.